The Labute approximate surface area is 156 Å². The van der Waals surface area contributed by atoms with Gasteiger partial charge in [-0.05, 0) is 43.3 Å². The van der Waals surface area contributed by atoms with E-state index in [1.54, 1.807) is 48.5 Å². The molecule has 1 aromatic heterocycles. The second kappa shape index (κ2) is 8.09. The number of anilines is 4. The van der Waals surface area contributed by atoms with Crippen LogP contribution in [0.1, 0.15) is 27.6 Å². The molecule has 0 aliphatic rings. The lowest BCUT2D eigenvalue weighted by Crippen LogP contribution is -2.06. The highest BCUT2D eigenvalue weighted by Crippen LogP contribution is 2.22. The first-order valence-electron chi connectivity index (χ1n) is 8.21. The van der Waals surface area contributed by atoms with Crippen LogP contribution in [0.5, 0.6) is 0 Å². The number of ether oxygens (including phenoxy) is 1. The Morgan fingerprint density at radius 1 is 0.926 bits per heavy atom. The summed E-state index contributed by atoms with van der Waals surface area (Å²) in [7, 11) is 1.34. The zero-order valence-corrected chi connectivity index (χ0v) is 14.9. The van der Waals surface area contributed by atoms with Gasteiger partial charge in [0.15, 0.2) is 5.78 Å². The Morgan fingerprint density at radius 2 is 1.59 bits per heavy atom. The smallest absolute Gasteiger partial charge is 0.339 e. The summed E-state index contributed by atoms with van der Waals surface area (Å²) in [6.45, 7) is 1.52. The highest BCUT2D eigenvalue weighted by Gasteiger charge is 2.11. The van der Waals surface area contributed by atoms with E-state index in [0.717, 1.165) is 5.69 Å². The van der Waals surface area contributed by atoms with Crippen LogP contribution >= 0.6 is 0 Å². The first-order valence-corrected chi connectivity index (χ1v) is 8.21. The van der Waals surface area contributed by atoms with Crippen molar-refractivity contribution < 1.29 is 14.3 Å². The average molecular weight is 362 g/mol. The van der Waals surface area contributed by atoms with Crippen LogP contribution in [0.3, 0.4) is 0 Å². The monoisotopic (exact) mass is 362 g/mol. The van der Waals surface area contributed by atoms with E-state index in [0.29, 0.717) is 28.5 Å². The molecule has 0 saturated carbocycles. The number of carbonyl (C=O) groups excluding carboxylic acids is 2. The van der Waals surface area contributed by atoms with Crippen molar-refractivity contribution in [2.45, 2.75) is 6.92 Å². The van der Waals surface area contributed by atoms with E-state index in [1.165, 1.54) is 20.4 Å². The molecule has 7 heteroatoms. The van der Waals surface area contributed by atoms with Gasteiger partial charge in [0.2, 0.25) is 0 Å². The van der Waals surface area contributed by atoms with Crippen molar-refractivity contribution in [3.63, 3.8) is 0 Å². The summed E-state index contributed by atoms with van der Waals surface area (Å²) in [5, 5.41) is 6.25. The van der Waals surface area contributed by atoms with Crippen LogP contribution in [0.2, 0.25) is 0 Å². The van der Waals surface area contributed by atoms with Crippen molar-refractivity contribution >= 4 is 34.8 Å². The molecule has 3 aromatic rings. The van der Waals surface area contributed by atoms with E-state index < -0.39 is 5.97 Å². The molecule has 0 fully saturated rings. The van der Waals surface area contributed by atoms with E-state index >= 15 is 0 Å². The van der Waals surface area contributed by atoms with Crippen LogP contribution in [0.25, 0.3) is 0 Å². The minimum atomic E-state index is -0.434. The number of benzene rings is 2. The van der Waals surface area contributed by atoms with Gasteiger partial charge in [-0.15, -0.1) is 0 Å². The number of methoxy groups -OCH3 is 1. The van der Waals surface area contributed by atoms with Crippen LogP contribution < -0.4 is 10.6 Å². The Balaban J connectivity index is 1.78. The van der Waals surface area contributed by atoms with Gasteiger partial charge in [-0.1, -0.05) is 12.1 Å². The number of Topliss-reactive ketones (excluding diaryl/α,β-unsaturated/α-hetero) is 1. The van der Waals surface area contributed by atoms with Crippen molar-refractivity contribution in [2.24, 2.45) is 0 Å². The third-order valence-electron chi connectivity index (χ3n) is 3.83. The fourth-order valence-electron chi connectivity index (χ4n) is 2.45. The first kappa shape index (κ1) is 18.1. The predicted molar refractivity (Wildman–Crippen MR) is 103 cm³/mol. The molecule has 0 atom stereocenters. The molecule has 1 heterocycles. The van der Waals surface area contributed by atoms with E-state index in [9.17, 15) is 9.59 Å². The van der Waals surface area contributed by atoms with Gasteiger partial charge >= 0.3 is 5.97 Å². The molecule has 7 nitrogen and oxygen atoms in total. The van der Waals surface area contributed by atoms with Crippen LogP contribution in [-0.4, -0.2) is 28.8 Å². The molecule has 0 spiro atoms. The molecule has 0 aliphatic carbocycles. The minimum absolute atomic E-state index is 0.0133. The lowest BCUT2D eigenvalue weighted by atomic mass is 10.1. The number of aromatic nitrogens is 2. The van der Waals surface area contributed by atoms with E-state index in [4.69, 9.17) is 4.74 Å². The van der Waals surface area contributed by atoms with Crippen molar-refractivity contribution in [1.29, 1.82) is 0 Å². The van der Waals surface area contributed by atoms with Gasteiger partial charge in [0.1, 0.15) is 18.0 Å². The minimum Gasteiger partial charge on any atom is -0.465 e. The largest absolute Gasteiger partial charge is 0.465 e. The van der Waals surface area contributed by atoms with Gasteiger partial charge in [0.25, 0.3) is 0 Å². The van der Waals surface area contributed by atoms with E-state index in [-0.39, 0.29) is 5.78 Å². The van der Waals surface area contributed by atoms with Gasteiger partial charge in [0, 0.05) is 17.3 Å². The summed E-state index contributed by atoms with van der Waals surface area (Å²) >= 11 is 0. The molecular formula is C20H18N4O3. The second-order valence-corrected chi connectivity index (χ2v) is 5.71. The summed E-state index contributed by atoms with van der Waals surface area (Å²) in [6.07, 6.45) is 1.41. The fraction of sp³-hybridized carbons (Fsp3) is 0.100. The third-order valence-corrected chi connectivity index (χ3v) is 3.83. The number of rotatable bonds is 6. The maximum atomic E-state index is 11.9. The lowest BCUT2D eigenvalue weighted by molar-refractivity contribution is 0.0601. The molecule has 2 aromatic carbocycles. The van der Waals surface area contributed by atoms with Gasteiger partial charge in [-0.25, -0.2) is 14.8 Å². The van der Waals surface area contributed by atoms with Gasteiger partial charge in [-0.3, -0.25) is 4.79 Å². The fourth-order valence-corrected chi connectivity index (χ4v) is 2.45. The van der Waals surface area contributed by atoms with Gasteiger partial charge in [-0.2, -0.15) is 0 Å². The van der Waals surface area contributed by atoms with Crippen molar-refractivity contribution in [3.8, 4) is 0 Å². The predicted octanol–water partition coefficient (Wildman–Crippen LogP) is 3.95. The zero-order valence-electron chi connectivity index (χ0n) is 14.9. The maximum absolute atomic E-state index is 11.9. The standard InChI is InChI=1S/C20H18N4O3/c1-13(25)14-7-9-15(10-8-14)23-18-11-19(22-12-21-18)24-17-6-4-3-5-16(17)20(26)27-2/h3-12H,1-2H3,(H2,21,22,23,24). The Hall–Kier alpha value is -3.74. The highest BCUT2D eigenvalue weighted by molar-refractivity contribution is 5.96. The quantitative estimate of drug-likeness (QED) is 0.506. The highest BCUT2D eigenvalue weighted by atomic mass is 16.5. The summed E-state index contributed by atoms with van der Waals surface area (Å²) in [6, 6.07) is 15.8. The summed E-state index contributed by atoms with van der Waals surface area (Å²) in [5.74, 6) is 0.665. The molecule has 0 saturated heterocycles. The number of hydrogen-bond donors (Lipinski definition) is 2. The number of nitrogens with one attached hydrogen (secondary N) is 2. The van der Waals surface area contributed by atoms with Crippen LogP contribution in [0, 0.1) is 0 Å². The SMILES string of the molecule is COC(=O)c1ccccc1Nc1cc(Nc2ccc(C(C)=O)cc2)ncn1. The lowest BCUT2D eigenvalue weighted by Gasteiger charge is -2.11. The molecule has 0 amide bonds. The van der Waals surface area contributed by atoms with Crippen molar-refractivity contribution in [1.82, 2.24) is 9.97 Å². The average Bonchev–Trinajstić information content (AvgIpc) is 2.68. The molecule has 27 heavy (non-hydrogen) atoms. The van der Waals surface area contributed by atoms with Gasteiger partial charge in [0.05, 0.1) is 18.4 Å². The van der Waals surface area contributed by atoms with E-state index in [1.807, 2.05) is 6.07 Å². The van der Waals surface area contributed by atoms with Crippen LogP contribution in [-0.2, 0) is 4.74 Å². The number of carbonyl (C=O) groups is 2. The van der Waals surface area contributed by atoms with Crippen LogP contribution in [0.15, 0.2) is 60.9 Å². The molecule has 3 rings (SSSR count). The topological polar surface area (TPSA) is 93.2 Å². The number of nitrogens with zero attached hydrogens (tertiary/aromatic N) is 2. The molecule has 0 bridgehead atoms. The zero-order chi connectivity index (χ0) is 19.2. The molecule has 0 radical (unpaired) electrons. The Kier molecular flexibility index (Phi) is 5.41. The Morgan fingerprint density at radius 3 is 2.26 bits per heavy atom. The Bertz CT molecular complexity index is 971. The summed E-state index contributed by atoms with van der Waals surface area (Å²) in [5.41, 5.74) is 2.43. The van der Waals surface area contributed by atoms with Gasteiger partial charge < -0.3 is 15.4 Å². The molecule has 0 aliphatic heterocycles. The molecule has 0 unspecified atom stereocenters. The van der Waals surface area contributed by atoms with E-state index in [2.05, 4.69) is 20.6 Å². The molecule has 2 N–H and O–H groups in total. The number of esters is 1. The van der Waals surface area contributed by atoms with Crippen molar-refractivity contribution in [2.75, 3.05) is 17.7 Å². The number of hydrogen-bond acceptors (Lipinski definition) is 7. The molecule has 136 valence electrons. The molecular weight excluding hydrogens is 344 g/mol. The second-order valence-electron chi connectivity index (χ2n) is 5.71. The summed E-state index contributed by atoms with van der Waals surface area (Å²) in [4.78, 5) is 31.6. The maximum Gasteiger partial charge on any atom is 0.339 e. The summed E-state index contributed by atoms with van der Waals surface area (Å²) < 4.78 is 4.80. The normalized spacial score (nSPS) is 10.1. The first-order chi connectivity index (χ1) is 13.1. The number of para-hydroxylation sites is 1. The van der Waals surface area contributed by atoms with Crippen LogP contribution in [0.4, 0.5) is 23.0 Å². The number of ketones is 1. The van der Waals surface area contributed by atoms with Crippen molar-refractivity contribution in [3.05, 3.63) is 72.1 Å². The third kappa shape index (κ3) is 4.46.